The van der Waals surface area contributed by atoms with Gasteiger partial charge in [-0.25, -0.2) is 4.39 Å². The molecule has 0 fully saturated rings. The maximum absolute atomic E-state index is 14.0. The highest BCUT2D eigenvalue weighted by Gasteiger charge is 2.16. The van der Waals surface area contributed by atoms with Gasteiger partial charge in [0.2, 0.25) is 0 Å². The van der Waals surface area contributed by atoms with Crippen LogP contribution in [-0.2, 0) is 19.6 Å². The van der Waals surface area contributed by atoms with Crippen LogP contribution in [0.2, 0.25) is 0 Å². The van der Waals surface area contributed by atoms with E-state index in [0.29, 0.717) is 23.2 Å². The average molecular weight is 335 g/mol. The van der Waals surface area contributed by atoms with E-state index in [0.717, 1.165) is 18.7 Å². The van der Waals surface area contributed by atoms with Gasteiger partial charge in [-0.05, 0) is 22.8 Å². The van der Waals surface area contributed by atoms with E-state index >= 15 is 0 Å². The Labute approximate surface area is 145 Å². The molecule has 1 aliphatic heterocycles. The molecule has 2 heterocycles. The predicted octanol–water partition coefficient (Wildman–Crippen LogP) is 3.35. The van der Waals surface area contributed by atoms with Crippen molar-refractivity contribution in [2.75, 3.05) is 0 Å². The van der Waals surface area contributed by atoms with E-state index < -0.39 is 0 Å². The van der Waals surface area contributed by atoms with Crippen LogP contribution in [-0.4, -0.2) is 10.9 Å². The first-order chi connectivity index (χ1) is 12.2. The first-order valence-electron chi connectivity index (χ1n) is 8.23. The Hall–Kier alpha value is -2.92. The summed E-state index contributed by atoms with van der Waals surface area (Å²) in [5.41, 5.74) is 5.06. The SMILES string of the molecule is O=C(NCc1ccc2c(c1)CNC2)c1c[nH]cc1-c1ccccc1F. The Kier molecular flexibility index (Phi) is 4.07. The lowest BCUT2D eigenvalue weighted by atomic mass is 10.0. The largest absolute Gasteiger partial charge is 0.366 e. The van der Waals surface area contributed by atoms with Gasteiger partial charge in [-0.2, -0.15) is 0 Å². The zero-order valence-corrected chi connectivity index (χ0v) is 13.6. The van der Waals surface area contributed by atoms with Crippen molar-refractivity contribution in [2.24, 2.45) is 0 Å². The normalized spacial score (nSPS) is 12.8. The summed E-state index contributed by atoms with van der Waals surface area (Å²) in [4.78, 5) is 15.5. The number of carbonyl (C=O) groups is 1. The Balaban J connectivity index is 1.51. The van der Waals surface area contributed by atoms with E-state index in [1.807, 2.05) is 6.07 Å². The lowest BCUT2D eigenvalue weighted by molar-refractivity contribution is 0.0951. The summed E-state index contributed by atoms with van der Waals surface area (Å²) >= 11 is 0. The van der Waals surface area contributed by atoms with Crippen LogP contribution in [0.15, 0.2) is 54.9 Å². The van der Waals surface area contributed by atoms with Gasteiger partial charge in [0.15, 0.2) is 0 Å². The Morgan fingerprint density at radius 1 is 1.04 bits per heavy atom. The molecule has 5 heteroatoms. The minimum Gasteiger partial charge on any atom is -0.366 e. The zero-order chi connectivity index (χ0) is 17.2. The molecule has 0 saturated carbocycles. The Bertz CT molecular complexity index is 932. The van der Waals surface area contributed by atoms with Crippen LogP contribution in [0.4, 0.5) is 4.39 Å². The van der Waals surface area contributed by atoms with Gasteiger partial charge < -0.3 is 15.6 Å². The summed E-state index contributed by atoms with van der Waals surface area (Å²) in [5, 5.41) is 6.23. The molecular weight excluding hydrogens is 317 g/mol. The standard InChI is InChI=1S/C20H18FN3O/c21-19-4-2-1-3-16(19)17-11-23-12-18(17)20(25)24-8-13-5-6-14-9-22-10-15(14)7-13/h1-7,11-12,22-23H,8-10H2,(H,24,25). The van der Waals surface area contributed by atoms with Gasteiger partial charge in [0.1, 0.15) is 5.82 Å². The average Bonchev–Trinajstić information content (AvgIpc) is 3.28. The molecule has 1 aromatic heterocycles. The molecule has 126 valence electrons. The molecule has 3 N–H and O–H groups in total. The monoisotopic (exact) mass is 335 g/mol. The molecule has 0 bridgehead atoms. The molecule has 1 aliphatic rings. The van der Waals surface area contributed by atoms with Crippen LogP contribution in [0, 0.1) is 5.82 Å². The number of nitrogens with one attached hydrogen (secondary N) is 3. The second-order valence-electron chi connectivity index (χ2n) is 6.15. The highest BCUT2D eigenvalue weighted by Crippen LogP contribution is 2.26. The quantitative estimate of drug-likeness (QED) is 0.685. The van der Waals surface area contributed by atoms with Crippen molar-refractivity contribution in [3.05, 3.63) is 82.9 Å². The fourth-order valence-corrected chi connectivity index (χ4v) is 3.19. The van der Waals surface area contributed by atoms with E-state index in [-0.39, 0.29) is 11.7 Å². The third-order valence-electron chi connectivity index (χ3n) is 4.51. The molecule has 0 saturated heterocycles. The van der Waals surface area contributed by atoms with Crippen molar-refractivity contribution in [2.45, 2.75) is 19.6 Å². The summed E-state index contributed by atoms with van der Waals surface area (Å²) in [6, 6.07) is 12.7. The summed E-state index contributed by atoms with van der Waals surface area (Å²) in [7, 11) is 0. The summed E-state index contributed by atoms with van der Waals surface area (Å²) in [5.74, 6) is -0.569. The van der Waals surface area contributed by atoms with E-state index in [9.17, 15) is 9.18 Å². The number of aromatic nitrogens is 1. The number of halogens is 1. The molecule has 4 nitrogen and oxygen atoms in total. The lowest BCUT2D eigenvalue weighted by Gasteiger charge is -2.08. The van der Waals surface area contributed by atoms with Crippen molar-refractivity contribution in [3.8, 4) is 11.1 Å². The molecule has 4 rings (SSSR count). The molecule has 0 spiro atoms. The van der Waals surface area contributed by atoms with Crippen LogP contribution in [0.25, 0.3) is 11.1 Å². The van der Waals surface area contributed by atoms with Crippen molar-refractivity contribution >= 4 is 5.91 Å². The summed E-state index contributed by atoms with van der Waals surface area (Å²) < 4.78 is 14.0. The summed E-state index contributed by atoms with van der Waals surface area (Å²) in [6.45, 7) is 2.21. The molecule has 0 unspecified atom stereocenters. The smallest absolute Gasteiger partial charge is 0.253 e. The number of amides is 1. The van der Waals surface area contributed by atoms with Gasteiger partial charge in [0, 0.05) is 43.2 Å². The van der Waals surface area contributed by atoms with Gasteiger partial charge in [-0.1, -0.05) is 36.4 Å². The maximum atomic E-state index is 14.0. The van der Waals surface area contributed by atoms with Crippen LogP contribution in [0.3, 0.4) is 0 Å². The number of H-pyrrole nitrogens is 1. The first-order valence-corrected chi connectivity index (χ1v) is 8.23. The van der Waals surface area contributed by atoms with Gasteiger partial charge in [-0.15, -0.1) is 0 Å². The minimum absolute atomic E-state index is 0.224. The van der Waals surface area contributed by atoms with E-state index in [2.05, 4.69) is 27.8 Å². The highest BCUT2D eigenvalue weighted by molar-refractivity contribution is 6.00. The number of rotatable bonds is 4. The van der Waals surface area contributed by atoms with Crippen molar-refractivity contribution in [1.29, 1.82) is 0 Å². The van der Waals surface area contributed by atoms with Crippen molar-refractivity contribution < 1.29 is 9.18 Å². The topological polar surface area (TPSA) is 56.9 Å². The molecule has 3 aromatic rings. The van der Waals surface area contributed by atoms with Crippen molar-refractivity contribution in [3.63, 3.8) is 0 Å². The summed E-state index contributed by atoms with van der Waals surface area (Å²) in [6.07, 6.45) is 3.25. The fourth-order valence-electron chi connectivity index (χ4n) is 3.19. The van der Waals surface area contributed by atoms with Crippen LogP contribution in [0.1, 0.15) is 27.0 Å². The number of carbonyl (C=O) groups excluding carboxylic acids is 1. The van der Waals surface area contributed by atoms with Crippen LogP contribution in [0.5, 0.6) is 0 Å². The number of hydrogen-bond acceptors (Lipinski definition) is 2. The molecule has 0 radical (unpaired) electrons. The zero-order valence-electron chi connectivity index (χ0n) is 13.6. The molecular formula is C20H18FN3O. The Morgan fingerprint density at radius 2 is 1.88 bits per heavy atom. The van der Waals surface area contributed by atoms with Gasteiger partial charge in [0.05, 0.1) is 5.56 Å². The van der Waals surface area contributed by atoms with E-state index in [1.165, 1.54) is 17.2 Å². The number of fused-ring (bicyclic) bond motifs is 1. The van der Waals surface area contributed by atoms with Gasteiger partial charge >= 0.3 is 0 Å². The molecule has 0 aliphatic carbocycles. The van der Waals surface area contributed by atoms with Crippen LogP contribution < -0.4 is 10.6 Å². The lowest BCUT2D eigenvalue weighted by Crippen LogP contribution is -2.23. The second-order valence-corrected chi connectivity index (χ2v) is 6.15. The highest BCUT2D eigenvalue weighted by atomic mass is 19.1. The molecule has 25 heavy (non-hydrogen) atoms. The number of hydrogen-bond donors (Lipinski definition) is 3. The number of benzene rings is 2. The maximum Gasteiger partial charge on any atom is 0.253 e. The molecule has 1 amide bonds. The Morgan fingerprint density at radius 3 is 2.76 bits per heavy atom. The second kappa shape index (κ2) is 6.53. The van der Waals surface area contributed by atoms with Gasteiger partial charge in [0.25, 0.3) is 5.91 Å². The fraction of sp³-hybridized carbons (Fsp3) is 0.150. The molecule has 2 aromatic carbocycles. The van der Waals surface area contributed by atoms with E-state index in [1.54, 1.807) is 30.6 Å². The number of aromatic amines is 1. The van der Waals surface area contributed by atoms with Crippen LogP contribution >= 0.6 is 0 Å². The third-order valence-corrected chi connectivity index (χ3v) is 4.51. The minimum atomic E-state index is -0.345. The first kappa shape index (κ1) is 15.6. The van der Waals surface area contributed by atoms with Gasteiger partial charge in [-0.3, -0.25) is 4.79 Å². The predicted molar refractivity (Wildman–Crippen MR) is 94.3 cm³/mol. The van der Waals surface area contributed by atoms with Crippen molar-refractivity contribution in [1.82, 2.24) is 15.6 Å². The molecule has 0 atom stereocenters. The van der Waals surface area contributed by atoms with E-state index in [4.69, 9.17) is 0 Å². The third kappa shape index (κ3) is 3.06.